The molecule has 0 aliphatic carbocycles. The van der Waals surface area contributed by atoms with Crippen molar-refractivity contribution < 1.29 is 4.74 Å². The minimum atomic E-state index is 0.726. The molecule has 0 aromatic heterocycles. The number of halogens is 1. The van der Waals surface area contributed by atoms with E-state index >= 15 is 0 Å². The van der Waals surface area contributed by atoms with Gasteiger partial charge in [-0.1, -0.05) is 15.9 Å². The first-order valence-electron chi connectivity index (χ1n) is 5.29. The largest absolute Gasteiger partial charge is 0.381 e. The summed E-state index contributed by atoms with van der Waals surface area (Å²) in [6.07, 6.45) is 3.96. The van der Waals surface area contributed by atoms with Crippen molar-refractivity contribution in [2.45, 2.75) is 24.1 Å². The topological polar surface area (TPSA) is 12.5 Å². The van der Waals surface area contributed by atoms with Gasteiger partial charge in [0.15, 0.2) is 0 Å². The molecule has 3 heteroatoms. The predicted molar refractivity (Wildman–Crippen MR) is 57.3 cm³/mol. The molecule has 0 aromatic carbocycles. The van der Waals surface area contributed by atoms with Gasteiger partial charge < -0.3 is 9.64 Å². The summed E-state index contributed by atoms with van der Waals surface area (Å²) in [5.41, 5.74) is 0. The second kappa shape index (κ2) is 4.76. The summed E-state index contributed by atoms with van der Waals surface area (Å²) in [5.74, 6) is 0.804. The molecule has 0 radical (unpaired) electrons. The highest BCUT2D eigenvalue weighted by atomic mass is 79.9. The molecule has 0 saturated carbocycles. The minimum Gasteiger partial charge on any atom is -0.381 e. The summed E-state index contributed by atoms with van der Waals surface area (Å²) in [6.45, 7) is 5.75. The lowest BCUT2D eigenvalue weighted by molar-refractivity contribution is 0.159. The zero-order chi connectivity index (χ0) is 9.10. The summed E-state index contributed by atoms with van der Waals surface area (Å²) in [6, 6.07) is 0. The van der Waals surface area contributed by atoms with Gasteiger partial charge in [0.25, 0.3) is 0 Å². The second-order valence-corrected chi connectivity index (χ2v) is 5.52. The Balaban J connectivity index is 1.73. The highest BCUT2D eigenvalue weighted by molar-refractivity contribution is 9.09. The first kappa shape index (κ1) is 9.94. The number of alkyl halides is 1. The first-order chi connectivity index (χ1) is 6.34. The van der Waals surface area contributed by atoms with Gasteiger partial charge in [0.2, 0.25) is 0 Å². The fraction of sp³-hybridized carbons (Fsp3) is 1.00. The van der Waals surface area contributed by atoms with Crippen LogP contribution in [-0.2, 0) is 4.74 Å². The van der Waals surface area contributed by atoms with E-state index in [0.717, 1.165) is 24.0 Å². The molecule has 2 unspecified atom stereocenters. The van der Waals surface area contributed by atoms with Crippen LogP contribution >= 0.6 is 15.9 Å². The molecule has 2 atom stereocenters. The maximum atomic E-state index is 5.39. The van der Waals surface area contributed by atoms with Crippen molar-refractivity contribution in [1.82, 2.24) is 4.90 Å². The highest BCUT2D eigenvalue weighted by Crippen LogP contribution is 2.20. The van der Waals surface area contributed by atoms with Gasteiger partial charge in [-0.3, -0.25) is 0 Å². The van der Waals surface area contributed by atoms with Crippen molar-refractivity contribution in [3.63, 3.8) is 0 Å². The molecule has 13 heavy (non-hydrogen) atoms. The first-order valence-corrected chi connectivity index (χ1v) is 6.20. The Morgan fingerprint density at radius 3 is 3.00 bits per heavy atom. The lowest BCUT2D eigenvalue weighted by Crippen LogP contribution is -2.39. The maximum Gasteiger partial charge on any atom is 0.0507 e. The van der Waals surface area contributed by atoms with Crippen molar-refractivity contribution in [2.24, 2.45) is 5.92 Å². The van der Waals surface area contributed by atoms with Gasteiger partial charge in [-0.25, -0.2) is 0 Å². The molecule has 0 spiro atoms. The van der Waals surface area contributed by atoms with E-state index in [4.69, 9.17) is 4.74 Å². The number of likely N-dealkylation sites (tertiary alicyclic amines) is 1. The van der Waals surface area contributed by atoms with Crippen LogP contribution in [0.25, 0.3) is 0 Å². The van der Waals surface area contributed by atoms with Gasteiger partial charge in [-0.2, -0.15) is 0 Å². The van der Waals surface area contributed by atoms with Crippen LogP contribution in [0.2, 0.25) is 0 Å². The molecule has 2 aliphatic rings. The van der Waals surface area contributed by atoms with Crippen molar-refractivity contribution in [1.29, 1.82) is 0 Å². The van der Waals surface area contributed by atoms with E-state index in [2.05, 4.69) is 20.8 Å². The Bertz CT molecular complexity index is 159. The Morgan fingerprint density at radius 2 is 2.31 bits per heavy atom. The molecule has 2 nitrogen and oxygen atoms in total. The molecule has 2 aliphatic heterocycles. The van der Waals surface area contributed by atoms with E-state index in [1.807, 2.05) is 0 Å². The lowest BCUT2D eigenvalue weighted by atomic mass is 10.1. The van der Waals surface area contributed by atoms with Crippen LogP contribution in [0.1, 0.15) is 19.3 Å². The lowest BCUT2D eigenvalue weighted by Gasteiger charge is -2.31. The maximum absolute atomic E-state index is 5.39. The van der Waals surface area contributed by atoms with E-state index in [9.17, 15) is 0 Å². The Kier molecular flexibility index (Phi) is 3.64. The van der Waals surface area contributed by atoms with E-state index in [1.54, 1.807) is 0 Å². The molecule has 2 heterocycles. The van der Waals surface area contributed by atoms with Gasteiger partial charge >= 0.3 is 0 Å². The van der Waals surface area contributed by atoms with Crippen LogP contribution in [0.4, 0.5) is 0 Å². The number of hydrogen-bond donors (Lipinski definition) is 0. The van der Waals surface area contributed by atoms with Crippen LogP contribution in [0.3, 0.4) is 0 Å². The fourth-order valence-electron chi connectivity index (χ4n) is 2.26. The fourth-order valence-corrected chi connectivity index (χ4v) is 2.99. The van der Waals surface area contributed by atoms with Crippen molar-refractivity contribution in [3.8, 4) is 0 Å². The molecule has 2 fully saturated rings. The number of hydrogen-bond acceptors (Lipinski definition) is 2. The molecule has 2 saturated heterocycles. The minimum absolute atomic E-state index is 0.726. The third-order valence-electron chi connectivity index (χ3n) is 2.99. The molecular weight excluding hydrogens is 230 g/mol. The van der Waals surface area contributed by atoms with Crippen molar-refractivity contribution in [3.05, 3.63) is 0 Å². The number of ether oxygens (including phenoxy) is 1. The van der Waals surface area contributed by atoms with Crippen molar-refractivity contribution in [2.75, 3.05) is 32.8 Å². The van der Waals surface area contributed by atoms with Gasteiger partial charge in [-0.15, -0.1) is 0 Å². The number of rotatable bonds is 2. The summed E-state index contributed by atoms with van der Waals surface area (Å²) in [7, 11) is 0. The zero-order valence-corrected chi connectivity index (χ0v) is 9.63. The summed E-state index contributed by atoms with van der Waals surface area (Å²) in [4.78, 5) is 3.31. The van der Waals surface area contributed by atoms with Gasteiger partial charge in [-0.05, 0) is 31.7 Å². The third kappa shape index (κ3) is 2.93. The van der Waals surface area contributed by atoms with Gasteiger partial charge in [0.1, 0.15) is 0 Å². The molecule has 0 N–H and O–H groups in total. The van der Waals surface area contributed by atoms with Crippen LogP contribution in [-0.4, -0.2) is 42.6 Å². The quantitative estimate of drug-likeness (QED) is 0.692. The Labute approximate surface area is 88.8 Å². The molecule has 0 aromatic rings. The number of piperidine rings is 1. The van der Waals surface area contributed by atoms with Crippen LogP contribution in [0.15, 0.2) is 0 Å². The average molecular weight is 248 g/mol. The number of nitrogens with zero attached hydrogens (tertiary/aromatic N) is 1. The smallest absolute Gasteiger partial charge is 0.0507 e. The monoisotopic (exact) mass is 247 g/mol. The molecule has 0 bridgehead atoms. The van der Waals surface area contributed by atoms with E-state index in [1.165, 1.54) is 38.9 Å². The van der Waals surface area contributed by atoms with Crippen molar-refractivity contribution >= 4 is 15.9 Å². The predicted octanol–water partition coefficient (Wildman–Crippen LogP) is 1.88. The highest BCUT2D eigenvalue weighted by Gasteiger charge is 2.22. The Morgan fingerprint density at radius 1 is 1.38 bits per heavy atom. The molecular formula is C10H18BrNO. The van der Waals surface area contributed by atoms with E-state index < -0.39 is 0 Å². The summed E-state index contributed by atoms with van der Waals surface area (Å²) >= 11 is 3.71. The van der Waals surface area contributed by atoms with E-state index in [-0.39, 0.29) is 0 Å². The molecule has 2 rings (SSSR count). The van der Waals surface area contributed by atoms with Crippen LogP contribution in [0.5, 0.6) is 0 Å². The summed E-state index contributed by atoms with van der Waals surface area (Å²) in [5, 5.41) is 0. The zero-order valence-electron chi connectivity index (χ0n) is 8.04. The third-order valence-corrected chi connectivity index (χ3v) is 3.74. The second-order valence-electron chi connectivity index (χ2n) is 4.23. The standard InChI is InChI=1S/C10H18BrNO/c11-10-2-1-4-12(7-10)6-9-3-5-13-8-9/h9-10H,1-8H2. The van der Waals surface area contributed by atoms with Crippen LogP contribution < -0.4 is 0 Å². The molecule has 0 amide bonds. The van der Waals surface area contributed by atoms with Gasteiger partial charge in [0, 0.05) is 24.5 Å². The SMILES string of the molecule is BrC1CCCN(CC2CCOC2)C1. The van der Waals surface area contributed by atoms with Crippen LogP contribution in [0, 0.1) is 5.92 Å². The van der Waals surface area contributed by atoms with E-state index in [0.29, 0.717) is 0 Å². The van der Waals surface area contributed by atoms with Gasteiger partial charge in [0.05, 0.1) is 6.61 Å². The Hall–Kier alpha value is 0.400. The summed E-state index contributed by atoms with van der Waals surface area (Å²) < 4.78 is 5.39. The average Bonchev–Trinajstić information content (AvgIpc) is 2.57. The normalized spacial score (nSPS) is 36.7. The molecule has 76 valence electrons.